The van der Waals surface area contributed by atoms with Crippen LogP contribution in [0, 0.1) is 6.92 Å². The highest BCUT2D eigenvalue weighted by molar-refractivity contribution is 7.15. The molecule has 0 spiro atoms. The molecule has 0 saturated heterocycles. The zero-order chi connectivity index (χ0) is 19.4. The van der Waals surface area contributed by atoms with Crippen LogP contribution >= 0.6 is 11.3 Å². The smallest absolute Gasteiger partial charge is 0.295 e. The fourth-order valence-electron chi connectivity index (χ4n) is 2.47. The Balaban J connectivity index is 2.02. The molecule has 0 radical (unpaired) electrons. The summed E-state index contributed by atoms with van der Waals surface area (Å²) in [5, 5.41) is 4.01. The SMILES string of the molecule is CCCCOc1ccc(/C=c2/sc3nc(=O)c(C)nn3c2=O)cc1OCC. The second-order valence-corrected chi connectivity index (χ2v) is 6.96. The van der Waals surface area contributed by atoms with Crippen molar-refractivity contribution in [2.24, 2.45) is 0 Å². The van der Waals surface area contributed by atoms with Crippen molar-refractivity contribution in [1.29, 1.82) is 0 Å². The van der Waals surface area contributed by atoms with Gasteiger partial charge in [0.05, 0.1) is 17.7 Å². The van der Waals surface area contributed by atoms with Crippen molar-refractivity contribution in [2.45, 2.75) is 33.6 Å². The van der Waals surface area contributed by atoms with E-state index in [1.165, 1.54) is 11.4 Å². The normalized spacial score (nSPS) is 11.9. The second-order valence-electron chi connectivity index (χ2n) is 5.95. The number of aryl methyl sites for hydroxylation is 1. The van der Waals surface area contributed by atoms with Gasteiger partial charge in [0.1, 0.15) is 5.69 Å². The van der Waals surface area contributed by atoms with Gasteiger partial charge < -0.3 is 9.47 Å². The summed E-state index contributed by atoms with van der Waals surface area (Å²) in [5.74, 6) is 1.32. The van der Waals surface area contributed by atoms with Gasteiger partial charge in [-0.3, -0.25) is 9.59 Å². The van der Waals surface area contributed by atoms with Crippen molar-refractivity contribution < 1.29 is 9.47 Å². The molecule has 0 atom stereocenters. The van der Waals surface area contributed by atoms with Gasteiger partial charge in [-0.15, -0.1) is 0 Å². The fraction of sp³-hybridized carbons (Fsp3) is 0.368. The van der Waals surface area contributed by atoms with E-state index >= 15 is 0 Å². The number of rotatable bonds is 7. The Labute approximate surface area is 159 Å². The second kappa shape index (κ2) is 8.30. The average molecular weight is 387 g/mol. The Bertz CT molecular complexity index is 1120. The molecule has 3 aromatic rings. The van der Waals surface area contributed by atoms with Gasteiger partial charge in [-0.1, -0.05) is 30.7 Å². The number of thiazole rings is 1. The number of hydrogen-bond donors (Lipinski definition) is 0. The quantitative estimate of drug-likeness (QED) is 0.576. The first-order valence-electron chi connectivity index (χ1n) is 8.85. The summed E-state index contributed by atoms with van der Waals surface area (Å²) >= 11 is 1.13. The molecule has 0 fully saturated rings. The summed E-state index contributed by atoms with van der Waals surface area (Å²) in [4.78, 5) is 28.4. The molecule has 0 aliphatic rings. The molecule has 142 valence electrons. The predicted molar refractivity (Wildman–Crippen MR) is 105 cm³/mol. The number of nitrogens with zero attached hydrogens (tertiary/aromatic N) is 3. The van der Waals surface area contributed by atoms with Gasteiger partial charge in [-0.2, -0.15) is 14.6 Å². The minimum atomic E-state index is -0.421. The van der Waals surface area contributed by atoms with Crippen molar-refractivity contribution >= 4 is 22.4 Å². The van der Waals surface area contributed by atoms with E-state index in [1.54, 1.807) is 6.08 Å². The highest BCUT2D eigenvalue weighted by atomic mass is 32.1. The molecule has 2 heterocycles. The monoisotopic (exact) mass is 387 g/mol. The summed E-state index contributed by atoms with van der Waals surface area (Å²) in [6, 6.07) is 5.54. The number of unbranched alkanes of at least 4 members (excludes halogenated alkanes) is 1. The molecule has 0 aliphatic heterocycles. The summed E-state index contributed by atoms with van der Waals surface area (Å²) in [6.45, 7) is 6.69. The first-order valence-corrected chi connectivity index (χ1v) is 9.67. The molecule has 0 N–H and O–H groups in total. The van der Waals surface area contributed by atoms with E-state index in [1.807, 2.05) is 25.1 Å². The molecule has 7 nitrogen and oxygen atoms in total. The lowest BCUT2D eigenvalue weighted by Gasteiger charge is -2.12. The van der Waals surface area contributed by atoms with E-state index < -0.39 is 5.56 Å². The minimum absolute atomic E-state index is 0.196. The van der Waals surface area contributed by atoms with Gasteiger partial charge in [-0.25, -0.2) is 0 Å². The third-order valence-electron chi connectivity index (χ3n) is 3.86. The Morgan fingerprint density at radius 2 is 2.00 bits per heavy atom. The number of fused-ring (bicyclic) bond motifs is 1. The molecule has 0 aliphatic carbocycles. The lowest BCUT2D eigenvalue weighted by atomic mass is 10.2. The molecule has 8 heteroatoms. The fourth-order valence-corrected chi connectivity index (χ4v) is 3.37. The molecule has 0 saturated carbocycles. The highest BCUT2D eigenvalue weighted by Gasteiger charge is 2.10. The van der Waals surface area contributed by atoms with Gasteiger partial charge >= 0.3 is 0 Å². The maximum Gasteiger partial charge on any atom is 0.295 e. The van der Waals surface area contributed by atoms with E-state index in [4.69, 9.17) is 9.47 Å². The van der Waals surface area contributed by atoms with Crippen molar-refractivity contribution in [2.75, 3.05) is 13.2 Å². The number of benzene rings is 1. The van der Waals surface area contributed by atoms with Crippen LogP contribution in [0.2, 0.25) is 0 Å². The van der Waals surface area contributed by atoms with Gasteiger partial charge in [0, 0.05) is 0 Å². The van der Waals surface area contributed by atoms with Gasteiger partial charge in [0.25, 0.3) is 11.1 Å². The molecule has 3 rings (SSSR count). The third kappa shape index (κ3) is 4.16. The summed E-state index contributed by atoms with van der Waals surface area (Å²) in [5.41, 5.74) is 0.271. The van der Waals surface area contributed by atoms with Crippen LogP contribution in [-0.2, 0) is 0 Å². The van der Waals surface area contributed by atoms with Crippen LogP contribution in [0.4, 0.5) is 0 Å². The molecular weight excluding hydrogens is 366 g/mol. The molecule has 2 aromatic heterocycles. The predicted octanol–water partition coefficient (Wildman–Crippen LogP) is 1.94. The summed E-state index contributed by atoms with van der Waals surface area (Å²) in [6.07, 6.45) is 3.76. The maximum atomic E-state index is 12.5. The average Bonchev–Trinajstić information content (AvgIpc) is 2.93. The van der Waals surface area contributed by atoms with Crippen molar-refractivity contribution in [3.63, 3.8) is 0 Å². The number of aromatic nitrogens is 3. The minimum Gasteiger partial charge on any atom is -0.490 e. The van der Waals surface area contributed by atoms with Crippen LogP contribution in [-0.4, -0.2) is 27.8 Å². The van der Waals surface area contributed by atoms with Gasteiger partial charge in [-0.05, 0) is 44.0 Å². The van der Waals surface area contributed by atoms with E-state index in [-0.39, 0.29) is 16.2 Å². The Morgan fingerprint density at radius 3 is 2.74 bits per heavy atom. The molecule has 27 heavy (non-hydrogen) atoms. The van der Waals surface area contributed by atoms with Crippen molar-refractivity contribution in [3.05, 3.63) is 54.7 Å². The molecular formula is C19H21N3O4S. The topological polar surface area (TPSA) is 82.8 Å². The molecule has 1 aromatic carbocycles. The van der Waals surface area contributed by atoms with Gasteiger partial charge in [0.2, 0.25) is 4.96 Å². The number of hydrogen-bond acceptors (Lipinski definition) is 7. The standard InChI is InChI=1S/C19H21N3O4S/c1-4-6-9-26-14-8-7-13(10-15(14)25-5-2)11-16-18(24)22-19(27-16)20-17(23)12(3)21-22/h7-8,10-11H,4-6,9H2,1-3H3/b16-11+. The zero-order valence-corrected chi connectivity index (χ0v) is 16.3. The maximum absolute atomic E-state index is 12.5. The van der Waals surface area contributed by atoms with E-state index in [0.29, 0.717) is 29.2 Å². The van der Waals surface area contributed by atoms with Crippen LogP contribution < -0.4 is 25.1 Å². The van der Waals surface area contributed by atoms with E-state index in [2.05, 4.69) is 17.0 Å². The van der Waals surface area contributed by atoms with Crippen LogP contribution in [0.5, 0.6) is 11.5 Å². The largest absolute Gasteiger partial charge is 0.490 e. The van der Waals surface area contributed by atoms with Crippen molar-refractivity contribution in [3.8, 4) is 11.5 Å². The lowest BCUT2D eigenvalue weighted by molar-refractivity contribution is 0.272. The number of ether oxygens (including phenoxy) is 2. The van der Waals surface area contributed by atoms with E-state index in [9.17, 15) is 9.59 Å². The molecule has 0 unspecified atom stereocenters. The van der Waals surface area contributed by atoms with Crippen LogP contribution in [0.1, 0.15) is 37.9 Å². The lowest BCUT2D eigenvalue weighted by Crippen LogP contribution is -2.27. The Morgan fingerprint density at radius 1 is 1.19 bits per heavy atom. The Kier molecular flexibility index (Phi) is 5.85. The summed E-state index contributed by atoms with van der Waals surface area (Å²) < 4.78 is 13.1. The molecule has 0 bridgehead atoms. The van der Waals surface area contributed by atoms with E-state index in [0.717, 1.165) is 29.7 Å². The van der Waals surface area contributed by atoms with Crippen molar-refractivity contribution in [1.82, 2.24) is 14.6 Å². The van der Waals surface area contributed by atoms with Crippen LogP contribution in [0.15, 0.2) is 27.8 Å². The highest BCUT2D eigenvalue weighted by Crippen LogP contribution is 2.29. The molecule has 0 amide bonds. The Hall–Kier alpha value is -2.74. The van der Waals surface area contributed by atoms with Crippen LogP contribution in [0.3, 0.4) is 0 Å². The van der Waals surface area contributed by atoms with Crippen LogP contribution in [0.25, 0.3) is 11.0 Å². The first-order chi connectivity index (χ1) is 13.0. The zero-order valence-electron chi connectivity index (χ0n) is 15.5. The van der Waals surface area contributed by atoms with Gasteiger partial charge in [0.15, 0.2) is 11.5 Å². The first kappa shape index (κ1) is 19.0. The third-order valence-corrected chi connectivity index (χ3v) is 4.82. The summed E-state index contributed by atoms with van der Waals surface area (Å²) in [7, 11) is 0.